The summed E-state index contributed by atoms with van der Waals surface area (Å²) in [6.07, 6.45) is -4.47. The molecule has 142 valence electrons. The smallest absolute Gasteiger partial charge is 0.417 e. The van der Waals surface area contributed by atoms with E-state index in [-0.39, 0.29) is 16.2 Å². The first kappa shape index (κ1) is 19.0. The Morgan fingerprint density at radius 2 is 1.70 bits per heavy atom. The SMILES string of the molecule is O=C(O)c1ccc(N2CCN(C(=S)c3ccccc3C(F)(F)F)CC2)nn1. The second-order valence-electron chi connectivity index (χ2n) is 5.90. The molecule has 6 nitrogen and oxygen atoms in total. The van der Waals surface area contributed by atoms with E-state index in [9.17, 15) is 18.0 Å². The molecule has 3 rings (SSSR count). The van der Waals surface area contributed by atoms with Crippen LogP contribution in [0.2, 0.25) is 0 Å². The molecule has 1 aromatic heterocycles. The number of carboxylic acids is 1. The van der Waals surface area contributed by atoms with E-state index in [0.717, 1.165) is 6.07 Å². The Labute approximate surface area is 158 Å². The van der Waals surface area contributed by atoms with Crippen molar-refractivity contribution in [2.75, 3.05) is 31.1 Å². The number of benzene rings is 1. The molecule has 0 spiro atoms. The van der Waals surface area contributed by atoms with Crippen molar-refractivity contribution in [2.24, 2.45) is 0 Å². The Bertz CT molecular complexity index is 850. The molecule has 0 saturated carbocycles. The lowest BCUT2D eigenvalue weighted by Crippen LogP contribution is -2.49. The topological polar surface area (TPSA) is 69.6 Å². The normalized spacial score (nSPS) is 14.9. The number of hydrogen-bond donors (Lipinski definition) is 1. The quantitative estimate of drug-likeness (QED) is 0.800. The average Bonchev–Trinajstić information content (AvgIpc) is 2.67. The highest BCUT2D eigenvalue weighted by molar-refractivity contribution is 7.80. The van der Waals surface area contributed by atoms with Crippen LogP contribution in [0, 0.1) is 0 Å². The predicted molar refractivity (Wildman–Crippen MR) is 95.9 cm³/mol. The van der Waals surface area contributed by atoms with E-state index >= 15 is 0 Å². The predicted octanol–water partition coefficient (Wildman–Crippen LogP) is 2.69. The first-order chi connectivity index (χ1) is 12.8. The van der Waals surface area contributed by atoms with Gasteiger partial charge in [-0.3, -0.25) is 0 Å². The lowest BCUT2D eigenvalue weighted by Gasteiger charge is -2.37. The van der Waals surface area contributed by atoms with Gasteiger partial charge in [-0.1, -0.05) is 30.4 Å². The molecule has 1 fully saturated rings. The van der Waals surface area contributed by atoms with Crippen LogP contribution in [0.15, 0.2) is 36.4 Å². The molecule has 1 aliphatic rings. The van der Waals surface area contributed by atoms with Gasteiger partial charge in [0, 0.05) is 31.7 Å². The molecule has 1 saturated heterocycles. The number of anilines is 1. The molecular weight excluding hydrogens is 381 g/mol. The van der Waals surface area contributed by atoms with E-state index in [1.807, 2.05) is 4.90 Å². The number of halogens is 3. The van der Waals surface area contributed by atoms with E-state index in [0.29, 0.717) is 32.0 Å². The van der Waals surface area contributed by atoms with E-state index in [1.165, 1.54) is 24.3 Å². The van der Waals surface area contributed by atoms with E-state index in [4.69, 9.17) is 17.3 Å². The number of nitrogens with zero attached hydrogens (tertiary/aromatic N) is 4. The lowest BCUT2D eigenvalue weighted by atomic mass is 10.1. The van der Waals surface area contributed by atoms with Gasteiger partial charge in [0.1, 0.15) is 4.99 Å². The fraction of sp³-hybridized carbons (Fsp3) is 0.294. The van der Waals surface area contributed by atoms with Gasteiger partial charge in [0.15, 0.2) is 11.5 Å². The number of aromatic nitrogens is 2. The number of carboxylic acid groups (broad SMARTS) is 1. The fourth-order valence-corrected chi connectivity index (χ4v) is 3.19. The second kappa shape index (κ2) is 7.47. The highest BCUT2D eigenvalue weighted by Crippen LogP contribution is 2.32. The third-order valence-corrected chi connectivity index (χ3v) is 4.70. The Morgan fingerprint density at radius 1 is 1.04 bits per heavy atom. The van der Waals surface area contributed by atoms with Crippen LogP contribution < -0.4 is 4.90 Å². The molecule has 0 bridgehead atoms. The second-order valence-corrected chi connectivity index (χ2v) is 6.29. The Morgan fingerprint density at radius 3 is 2.26 bits per heavy atom. The molecule has 1 aromatic carbocycles. The summed E-state index contributed by atoms with van der Waals surface area (Å²) >= 11 is 5.31. The van der Waals surface area contributed by atoms with Crippen molar-refractivity contribution in [1.29, 1.82) is 0 Å². The largest absolute Gasteiger partial charge is 0.476 e. The first-order valence-corrected chi connectivity index (χ1v) is 8.45. The van der Waals surface area contributed by atoms with Crippen LogP contribution in [-0.2, 0) is 6.18 Å². The Kier molecular flexibility index (Phi) is 5.26. The zero-order valence-corrected chi connectivity index (χ0v) is 14.8. The highest BCUT2D eigenvalue weighted by atomic mass is 32.1. The molecular formula is C17H15F3N4O2S. The van der Waals surface area contributed by atoms with Crippen molar-refractivity contribution >= 4 is 29.0 Å². The summed E-state index contributed by atoms with van der Waals surface area (Å²) in [5.74, 6) is -0.645. The van der Waals surface area contributed by atoms with Crippen LogP contribution in [0.1, 0.15) is 21.6 Å². The molecule has 27 heavy (non-hydrogen) atoms. The number of thiocarbonyl (C=S) groups is 1. The summed E-state index contributed by atoms with van der Waals surface area (Å²) in [4.78, 5) is 14.6. The molecule has 0 radical (unpaired) electrons. The van der Waals surface area contributed by atoms with Crippen molar-refractivity contribution in [2.45, 2.75) is 6.18 Å². The highest BCUT2D eigenvalue weighted by Gasteiger charge is 2.35. The number of hydrogen-bond acceptors (Lipinski definition) is 5. The zero-order valence-electron chi connectivity index (χ0n) is 14.0. The van der Waals surface area contributed by atoms with Gasteiger partial charge in [0.05, 0.1) is 5.56 Å². The number of carbonyl (C=O) groups is 1. The maximum atomic E-state index is 13.2. The van der Waals surface area contributed by atoms with Gasteiger partial charge in [-0.25, -0.2) is 4.79 Å². The Balaban J connectivity index is 1.69. The minimum atomic E-state index is -4.47. The fourth-order valence-electron chi connectivity index (χ4n) is 2.83. The Hall–Kier alpha value is -2.75. The van der Waals surface area contributed by atoms with Crippen LogP contribution in [0.3, 0.4) is 0 Å². The van der Waals surface area contributed by atoms with Crippen LogP contribution in [-0.4, -0.2) is 57.3 Å². The zero-order chi connectivity index (χ0) is 19.6. The van der Waals surface area contributed by atoms with Crippen molar-refractivity contribution in [3.63, 3.8) is 0 Å². The standard InChI is InChI=1S/C17H15F3N4O2S/c18-17(19,20)12-4-2-1-3-11(12)15(27)24-9-7-23(8-10-24)14-6-5-13(16(25)26)21-22-14/h1-6H,7-10H2,(H,25,26). The van der Waals surface area contributed by atoms with Gasteiger partial charge < -0.3 is 14.9 Å². The molecule has 10 heteroatoms. The summed E-state index contributed by atoms with van der Waals surface area (Å²) in [7, 11) is 0. The summed E-state index contributed by atoms with van der Waals surface area (Å²) in [5.41, 5.74) is -0.895. The average molecular weight is 396 g/mol. The van der Waals surface area contributed by atoms with Crippen LogP contribution in [0.5, 0.6) is 0 Å². The monoisotopic (exact) mass is 396 g/mol. The third kappa shape index (κ3) is 4.16. The molecule has 1 N–H and O–H groups in total. The number of aromatic carboxylic acids is 1. The molecule has 0 amide bonds. The molecule has 0 atom stereocenters. The van der Waals surface area contributed by atoms with E-state index < -0.39 is 17.7 Å². The van der Waals surface area contributed by atoms with E-state index in [1.54, 1.807) is 11.0 Å². The van der Waals surface area contributed by atoms with Crippen molar-refractivity contribution < 1.29 is 23.1 Å². The van der Waals surface area contributed by atoms with Gasteiger partial charge in [-0.2, -0.15) is 13.2 Å². The number of rotatable bonds is 3. The van der Waals surface area contributed by atoms with Gasteiger partial charge in [-0.15, -0.1) is 10.2 Å². The summed E-state index contributed by atoms with van der Waals surface area (Å²) < 4.78 is 39.6. The maximum Gasteiger partial charge on any atom is 0.417 e. The van der Waals surface area contributed by atoms with Gasteiger partial charge >= 0.3 is 12.1 Å². The minimum absolute atomic E-state index is 0.000877. The van der Waals surface area contributed by atoms with Gasteiger partial charge in [0.25, 0.3) is 0 Å². The maximum absolute atomic E-state index is 13.2. The van der Waals surface area contributed by atoms with Crippen molar-refractivity contribution in [1.82, 2.24) is 15.1 Å². The van der Waals surface area contributed by atoms with Crippen LogP contribution in [0.25, 0.3) is 0 Å². The third-order valence-electron chi connectivity index (χ3n) is 4.22. The van der Waals surface area contributed by atoms with Crippen LogP contribution in [0.4, 0.5) is 19.0 Å². The van der Waals surface area contributed by atoms with Gasteiger partial charge in [0.2, 0.25) is 0 Å². The van der Waals surface area contributed by atoms with Crippen molar-refractivity contribution in [3.05, 3.63) is 53.2 Å². The summed E-state index contributed by atoms with van der Waals surface area (Å²) in [6.45, 7) is 1.81. The molecule has 0 unspecified atom stereocenters. The number of alkyl halides is 3. The number of piperazine rings is 1. The molecule has 2 aromatic rings. The van der Waals surface area contributed by atoms with Gasteiger partial charge in [-0.05, 0) is 18.2 Å². The van der Waals surface area contributed by atoms with Crippen molar-refractivity contribution in [3.8, 4) is 0 Å². The minimum Gasteiger partial charge on any atom is -0.476 e. The first-order valence-electron chi connectivity index (χ1n) is 8.05. The summed E-state index contributed by atoms with van der Waals surface area (Å²) in [6, 6.07) is 8.20. The van der Waals surface area contributed by atoms with Crippen LogP contribution >= 0.6 is 12.2 Å². The molecule has 2 heterocycles. The van der Waals surface area contributed by atoms with E-state index in [2.05, 4.69) is 10.2 Å². The molecule has 1 aliphatic heterocycles. The molecule has 0 aliphatic carbocycles. The lowest BCUT2D eigenvalue weighted by molar-refractivity contribution is -0.137. The summed E-state index contributed by atoms with van der Waals surface area (Å²) in [5, 5.41) is 16.4.